The Balaban J connectivity index is 1.65. The molecule has 30 heavy (non-hydrogen) atoms. The molecule has 0 radical (unpaired) electrons. The molecule has 0 bridgehead atoms. The quantitative estimate of drug-likeness (QED) is 0.634. The van der Waals surface area contributed by atoms with Crippen molar-refractivity contribution in [3.63, 3.8) is 0 Å². The largest absolute Gasteiger partial charge is 0.391 e. The number of hydrogen-bond acceptors (Lipinski definition) is 4. The van der Waals surface area contributed by atoms with Gasteiger partial charge >= 0.3 is 0 Å². The molecule has 2 unspecified atom stereocenters. The van der Waals surface area contributed by atoms with Crippen molar-refractivity contribution in [2.75, 3.05) is 0 Å². The number of aromatic nitrogens is 3. The Kier molecular flexibility index (Phi) is 5.34. The van der Waals surface area contributed by atoms with Crippen LogP contribution >= 0.6 is 11.6 Å². The zero-order chi connectivity index (χ0) is 20.7. The Hall–Kier alpha value is -2.24. The van der Waals surface area contributed by atoms with Crippen LogP contribution in [0.25, 0.3) is 10.9 Å². The molecule has 1 N–H and O–H groups in total. The predicted octanol–water partition coefficient (Wildman–Crippen LogP) is 4.39. The highest BCUT2D eigenvalue weighted by atomic mass is 35.5. The van der Waals surface area contributed by atoms with Crippen molar-refractivity contribution in [1.82, 2.24) is 14.5 Å². The van der Waals surface area contributed by atoms with Gasteiger partial charge in [-0.2, -0.15) is 0 Å². The summed E-state index contributed by atoms with van der Waals surface area (Å²) in [6, 6.07) is 5.66. The third kappa shape index (κ3) is 3.54. The molecule has 2 atom stereocenters. The Bertz CT molecular complexity index is 1140. The Labute approximate surface area is 180 Å². The zero-order valence-electron chi connectivity index (χ0n) is 17.0. The summed E-state index contributed by atoms with van der Waals surface area (Å²) in [4.78, 5) is 22.4. The first-order valence-corrected chi connectivity index (χ1v) is 11.3. The van der Waals surface area contributed by atoms with E-state index in [-0.39, 0.29) is 11.6 Å². The monoisotopic (exact) mass is 423 g/mol. The molecule has 6 heteroatoms. The fraction of sp³-hybridized carbons (Fsp3) is 0.458. The molecule has 0 saturated heterocycles. The van der Waals surface area contributed by atoms with Gasteiger partial charge in [0.25, 0.3) is 5.56 Å². The first-order valence-electron chi connectivity index (χ1n) is 10.9. The number of aliphatic hydroxyl groups excluding tert-OH is 1. The maximum atomic E-state index is 13.5. The molecule has 2 aliphatic carbocycles. The highest BCUT2D eigenvalue weighted by molar-refractivity contribution is 6.29. The van der Waals surface area contributed by atoms with Crippen LogP contribution in [0.3, 0.4) is 0 Å². The number of aliphatic hydroxyl groups is 1. The van der Waals surface area contributed by atoms with Crippen molar-refractivity contribution in [3.8, 4) is 0 Å². The minimum atomic E-state index is -0.479. The number of nitrogens with zero attached hydrogens (tertiary/aromatic N) is 3. The first kappa shape index (κ1) is 19.7. The van der Waals surface area contributed by atoms with Gasteiger partial charge in [-0.25, -0.2) is 9.97 Å². The van der Waals surface area contributed by atoms with Gasteiger partial charge < -0.3 is 5.11 Å². The summed E-state index contributed by atoms with van der Waals surface area (Å²) in [5.41, 5.74) is 5.64. The minimum Gasteiger partial charge on any atom is -0.391 e. The van der Waals surface area contributed by atoms with Crippen LogP contribution in [0.2, 0.25) is 5.15 Å². The van der Waals surface area contributed by atoms with E-state index >= 15 is 0 Å². The summed E-state index contributed by atoms with van der Waals surface area (Å²) in [5.74, 6) is 0. The molecule has 1 saturated carbocycles. The average molecular weight is 424 g/mol. The number of benzene rings is 1. The Morgan fingerprint density at radius 3 is 2.63 bits per heavy atom. The molecule has 0 aliphatic heterocycles. The van der Waals surface area contributed by atoms with Gasteiger partial charge in [0.2, 0.25) is 0 Å². The summed E-state index contributed by atoms with van der Waals surface area (Å²) in [6.45, 7) is 0. The lowest BCUT2D eigenvalue weighted by atomic mass is 9.84. The lowest BCUT2D eigenvalue weighted by Gasteiger charge is -2.29. The van der Waals surface area contributed by atoms with Crippen molar-refractivity contribution in [1.29, 1.82) is 0 Å². The molecule has 5 nitrogen and oxygen atoms in total. The summed E-state index contributed by atoms with van der Waals surface area (Å²) < 4.78 is 1.68. The third-order valence-electron chi connectivity index (χ3n) is 6.73. The predicted molar refractivity (Wildman–Crippen MR) is 118 cm³/mol. The van der Waals surface area contributed by atoms with Crippen LogP contribution in [0.15, 0.2) is 35.5 Å². The molecule has 0 spiro atoms. The van der Waals surface area contributed by atoms with Gasteiger partial charge in [0.1, 0.15) is 5.15 Å². The topological polar surface area (TPSA) is 68.0 Å². The first-order chi connectivity index (χ1) is 14.6. The summed E-state index contributed by atoms with van der Waals surface area (Å²) in [6.07, 6.45) is 11.6. The molecular formula is C24H26ClN3O2. The second kappa shape index (κ2) is 8.12. The number of hydrogen-bond donors (Lipinski definition) is 1. The Morgan fingerprint density at radius 2 is 1.87 bits per heavy atom. The highest BCUT2D eigenvalue weighted by Gasteiger charge is 2.27. The second-order valence-corrected chi connectivity index (χ2v) is 9.03. The maximum absolute atomic E-state index is 13.5. The van der Waals surface area contributed by atoms with Crippen molar-refractivity contribution in [2.45, 2.75) is 69.9 Å². The van der Waals surface area contributed by atoms with E-state index in [1.54, 1.807) is 10.9 Å². The fourth-order valence-corrected chi connectivity index (χ4v) is 5.29. The second-order valence-electron chi connectivity index (χ2n) is 8.64. The average Bonchev–Trinajstić information content (AvgIpc) is 2.77. The van der Waals surface area contributed by atoms with Crippen LogP contribution in [0, 0.1) is 0 Å². The molecule has 1 fully saturated rings. The van der Waals surface area contributed by atoms with Gasteiger partial charge in [0.05, 0.1) is 29.4 Å². The third-order valence-corrected chi connectivity index (χ3v) is 6.95. The van der Waals surface area contributed by atoms with E-state index in [1.165, 1.54) is 16.7 Å². The molecule has 3 aromatic rings. The van der Waals surface area contributed by atoms with Crippen LogP contribution in [-0.4, -0.2) is 25.7 Å². The van der Waals surface area contributed by atoms with E-state index in [9.17, 15) is 9.90 Å². The van der Waals surface area contributed by atoms with E-state index in [2.05, 4.69) is 4.98 Å². The molecule has 2 aliphatic rings. The van der Waals surface area contributed by atoms with E-state index in [0.717, 1.165) is 68.9 Å². The standard InChI is InChI=1S/C24H26ClN3O2/c25-22-10-9-15(13-26-22)11-16-12-19-23(18-6-2-1-5-17(16)18)27-14-28(24(19)30)20-7-3-4-8-21(20)29/h9-10,12-14,20-21,29H,1-8,11H2. The molecule has 2 aromatic heterocycles. The molecule has 2 heterocycles. The lowest BCUT2D eigenvalue weighted by Crippen LogP contribution is -2.35. The number of aryl methyl sites for hydroxylation is 1. The highest BCUT2D eigenvalue weighted by Crippen LogP contribution is 2.32. The van der Waals surface area contributed by atoms with Crippen molar-refractivity contribution >= 4 is 22.5 Å². The van der Waals surface area contributed by atoms with Crippen molar-refractivity contribution in [3.05, 3.63) is 68.5 Å². The van der Waals surface area contributed by atoms with Crippen LogP contribution in [0.1, 0.15) is 66.8 Å². The fourth-order valence-electron chi connectivity index (χ4n) is 5.18. The number of fused-ring (bicyclic) bond motifs is 3. The number of rotatable bonds is 3. The van der Waals surface area contributed by atoms with Gasteiger partial charge in [-0.3, -0.25) is 9.36 Å². The number of halogens is 1. The maximum Gasteiger partial charge on any atom is 0.261 e. The van der Waals surface area contributed by atoms with Gasteiger partial charge in [-0.15, -0.1) is 0 Å². The van der Waals surface area contributed by atoms with Crippen LogP contribution in [0.5, 0.6) is 0 Å². The van der Waals surface area contributed by atoms with Gasteiger partial charge in [-0.05, 0) is 79.3 Å². The number of pyridine rings is 1. The summed E-state index contributed by atoms with van der Waals surface area (Å²) >= 11 is 5.95. The van der Waals surface area contributed by atoms with Gasteiger partial charge in [0, 0.05) is 6.20 Å². The van der Waals surface area contributed by atoms with Gasteiger partial charge in [-0.1, -0.05) is 30.5 Å². The van der Waals surface area contributed by atoms with E-state index in [1.807, 2.05) is 24.4 Å². The molecule has 0 amide bonds. The molecule has 156 valence electrons. The smallest absolute Gasteiger partial charge is 0.261 e. The molecule has 5 rings (SSSR count). The van der Waals surface area contributed by atoms with Crippen molar-refractivity contribution in [2.24, 2.45) is 0 Å². The Morgan fingerprint density at radius 1 is 1.07 bits per heavy atom. The van der Waals surface area contributed by atoms with Crippen LogP contribution < -0.4 is 5.56 Å². The summed E-state index contributed by atoms with van der Waals surface area (Å²) in [5, 5.41) is 11.6. The van der Waals surface area contributed by atoms with Gasteiger partial charge in [0.15, 0.2) is 0 Å². The minimum absolute atomic E-state index is 0.0326. The molecule has 1 aromatic carbocycles. The normalized spacial score (nSPS) is 21.5. The van der Waals surface area contributed by atoms with E-state index < -0.39 is 6.10 Å². The zero-order valence-corrected chi connectivity index (χ0v) is 17.7. The van der Waals surface area contributed by atoms with Crippen LogP contribution in [-0.2, 0) is 19.3 Å². The van der Waals surface area contributed by atoms with E-state index in [0.29, 0.717) is 10.5 Å². The summed E-state index contributed by atoms with van der Waals surface area (Å²) in [7, 11) is 0. The lowest BCUT2D eigenvalue weighted by molar-refractivity contribution is 0.0735. The molecular weight excluding hydrogens is 398 g/mol. The van der Waals surface area contributed by atoms with Crippen molar-refractivity contribution < 1.29 is 5.11 Å². The van der Waals surface area contributed by atoms with E-state index in [4.69, 9.17) is 16.6 Å². The van der Waals surface area contributed by atoms with Crippen LogP contribution in [0.4, 0.5) is 0 Å². The SMILES string of the molecule is O=c1c2cc(Cc3ccc(Cl)nc3)c3c(c2ncn1C1CCCCC1O)CCCC3.